The van der Waals surface area contributed by atoms with E-state index in [0.717, 1.165) is 25.7 Å². The Labute approximate surface area is 121 Å². The summed E-state index contributed by atoms with van der Waals surface area (Å²) in [7, 11) is 0. The normalized spacial score (nSPS) is 25.4. The molecular weight excluding hydrogens is 288 g/mol. The van der Waals surface area contributed by atoms with Crippen LogP contribution in [-0.4, -0.2) is 5.78 Å². The van der Waals surface area contributed by atoms with Crippen molar-refractivity contribution in [3.63, 3.8) is 0 Å². The lowest BCUT2D eigenvalue weighted by Gasteiger charge is -2.04. The molecular formula is C16H27BrO. The van der Waals surface area contributed by atoms with Crippen LogP contribution in [0.25, 0.3) is 0 Å². The molecule has 18 heavy (non-hydrogen) atoms. The van der Waals surface area contributed by atoms with Crippen LogP contribution in [0, 0.1) is 0 Å². The Bertz CT molecular complexity index is 258. The van der Waals surface area contributed by atoms with Crippen molar-refractivity contribution in [2.45, 2.75) is 83.5 Å². The van der Waals surface area contributed by atoms with E-state index in [1.54, 1.807) is 0 Å². The largest absolute Gasteiger partial charge is 0.300 e. The van der Waals surface area contributed by atoms with Gasteiger partial charge < -0.3 is 0 Å². The fourth-order valence-corrected chi connectivity index (χ4v) is 2.96. The van der Waals surface area contributed by atoms with Gasteiger partial charge in [0.2, 0.25) is 0 Å². The Morgan fingerprint density at radius 3 is 1.89 bits per heavy atom. The van der Waals surface area contributed by atoms with Gasteiger partial charge in [-0.3, -0.25) is 4.79 Å². The van der Waals surface area contributed by atoms with Crippen molar-refractivity contribution in [3.05, 3.63) is 10.6 Å². The van der Waals surface area contributed by atoms with Crippen molar-refractivity contribution in [2.75, 3.05) is 0 Å². The molecule has 1 rings (SSSR count). The molecule has 0 radical (unpaired) electrons. The zero-order valence-corrected chi connectivity index (χ0v) is 13.1. The smallest absolute Gasteiger partial charge is 0.132 e. The molecule has 2 heteroatoms. The summed E-state index contributed by atoms with van der Waals surface area (Å²) in [6.07, 6.45) is 17.4. The van der Waals surface area contributed by atoms with Gasteiger partial charge in [-0.1, -0.05) is 54.1 Å². The summed E-state index contributed by atoms with van der Waals surface area (Å²) < 4.78 is 1.38. The van der Waals surface area contributed by atoms with Gasteiger partial charge in [-0.15, -0.1) is 0 Å². The maximum atomic E-state index is 11.6. The van der Waals surface area contributed by atoms with E-state index in [1.807, 2.05) is 0 Å². The van der Waals surface area contributed by atoms with Gasteiger partial charge >= 0.3 is 0 Å². The van der Waals surface area contributed by atoms with Crippen molar-refractivity contribution < 1.29 is 4.79 Å². The first-order valence-corrected chi connectivity index (χ1v) is 8.44. The number of hydrogen-bond donors (Lipinski definition) is 0. The van der Waals surface area contributed by atoms with Crippen LogP contribution in [0.2, 0.25) is 0 Å². The number of carbonyl (C=O) groups excluding carboxylic acids is 1. The van der Waals surface area contributed by atoms with E-state index < -0.39 is 0 Å². The molecule has 1 aliphatic rings. The Morgan fingerprint density at radius 2 is 1.22 bits per heavy atom. The number of hydrogen-bond acceptors (Lipinski definition) is 1. The minimum atomic E-state index is 0.489. The highest BCUT2D eigenvalue weighted by Crippen LogP contribution is 2.19. The van der Waals surface area contributed by atoms with E-state index in [4.69, 9.17) is 0 Å². The summed E-state index contributed by atoms with van der Waals surface area (Å²) in [5, 5.41) is 0. The lowest BCUT2D eigenvalue weighted by molar-refractivity contribution is -0.119. The number of carbonyl (C=O) groups is 1. The summed E-state index contributed by atoms with van der Waals surface area (Å²) in [5.74, 6) is 0.489. The van der Waals surface area contributed by atoms with Crippen molar-refractivity contribution in [2.24, 2.45) is 0 Å². The average Bonchev–Trinajstić information content (AvgIpc) is 2.35. The fourth-order valence-electron chi connectivity index (χ4n) is 2.45. The van der Waals surface area contributed by atoms with Crippen LogP contribution in [0.3, 0.4) is 0 Å². The molecule has 0 amide bonds. The van der Waals surface area contributed by atoms with Crippen molar-refractivity contribution in [3.8, 4) is 0 Å². The van der Waals surface area contributed by atoms with Gasteiger partial charge in [0.05, 0.1) is 0 Å². The van der Waals surface area contributed by atoms with Gasteiger partial charge in [0.15, 0.2) is 0 Å². The zero-order chi connectivity index (χ0) is 13.1. The molecule has 1 aliphatic carbocycles. The topological polar surface area (TPSA) is 17.1 Å². The molecule has 0 aliphatic heterocycles. The molecule has 0 heterocycles. The molecule has 0 bridgehead atoms. The zero-order valence-electron chi connectivity index (χ0n) is 11.6. The number of ketones is 1. The van der Waals surface area contributed by atoms with Crippen LogP contribution < -0.4 is 0 Å². The second kappa shape index (κ2) is 10.8. The van der Waals surface area contributed by atoms with Crippen LogP contribution in [-0.2, 0) is 4.79 Å². The molecule has 0 aromatic rings. The summed E-state index contributed by atoms with van der Waals surface area (Å²) in [5.41, 5.74) is 0. The highest BCUT2D eigenvalue weighted by atomic mass is 79.9. The predicted octanol–water partition coefficient (Wildman–Crippen LogP) is 5.92. The van der Waals surface area contributed by atoms with E-state index >= 15 is 0 Å². The van der Waals surface area contributed by atoms with E-state index in [2.05, 4.69) is 22.0 Å². The van der Waals surface area contributed by atoms with Crippen LogP contribution in [0.15, 0.2) is 10.6 Å². The molecule has 0 aromatic heterocycles. The minimum absolute atomic E-state index is 0.489. The lowest BCUT2D eigenvalue weighted by atomic mass is 10.0. The third kappa shape index (κ3) is 8.91. The maximum absolute atomic E-state index is 11.6. The highest BCUT2D eigenvalue weighted by Gasteiger charge is 2.02. The number of rotatable bonds is 0. The Hall–Kier alpha value is -0.110. The second-order valence-electron chi connectivity index (χ2n) is 5.41. The second-order valence-corrected chi connectivity index (χ2v) is 6.43. The Morgan fingerprint density at radius 1 is 0.722 bits per heavy atom. The molecule has 0 N–H and O–H groups in total. The third-order valence-electron chi connectivity index (χ3n) is 3.65. The summed E-state index contributed by atoms with van der Waals surface area (Å²) >= 11 is 3.66. The molecule has 0 aromatic carbocycles. The van der Waals surface area contributed by atoms with Crippen LogP contribution in [0.1, 0.15) is 83.5 Å². The number of halogens is 1. The predicted molar refractivity (Wildman–Crippen MR) is 82.0 cm³/mol. The van der Waals surface area contributed by atoms with Crippen LogP contribution in [0.4, 0.5) is 0 Å². The first kappa shape index (κ1) is 15.9. The Balaban J connectivity index is 2.27. The van der Waals surface area contributed by atoms with Gasteiger partial charge in [-0.05, 0) is 43.0 Å². The minimum Gasteiger partial charge on any atom is -0.300 e. The highest BCUT2D eigenvalue weighted by molar-refractivity contribution is 9.11. The van der Waals surface area contributed by atoms with Gasteiger partial charge in [-0.25, -0.2) is 0 Å². The van der Waals surface area contributed by atoms with E-state index in [9.17, 15) is 4.79 Å². The standard InChI is InChI=1S/C16H27BrO/c17-15-11-7-3-1-2-4-9-13-16(18)14-10-6-5-8-12-15/h11H,1-10,12-14H2/b15-11-. The van der Waals surface area contributed by atoms with Crippen molar-refractivity contribution in [1.29, 1.82) is 0 Å². The molecule has 0 unspecified atom stereocenters. The number of allylic oxidation sites excluding steroid dienone is 2. The monoisotopic (exact) mass is 314 g/mol. The first-order valence-electron chi connectivity index (χ1n) is 7.65. The van der Waals surface area contributed by atoms with Crippen molar-refractivity contribution in [1.82, 2.24) is 0 Å². The van der Waals surface area contributed by atoms with E-state index in [-0.39, 0.29) is 0 Å². The molecule has 0 atom stereocenters. The molecule has 1 nitrogen and oxygen atoms in total. The van der Waals surface area contributed by atoms with Gasteiger partial charge in [0.25, 0.3) is 0 Å². The summed E-state index contributed by atoms with van der Waals surface area (Å²) in [6, 6.07) is 0. The number of Topliss-reactive ketones (excluding diaryl/α,β-unsaturated/α-hetero) is 1. The van der Waals surface area contributed by atoms with Crippen molar-refractivity contribution >= 4 is 21.7 Å². The van der Waals surface area contributed by atoms with E-state index in [0.29, 0.717) is 5.78 Å². The lowest BCUT2D eigenvalue weighted by Crippen LogP contribution is -1.97. The van der Waals surface area contributed by atoms with Gasteiger partial charge in [0, 0.05) is 12.8 Å². The SMILES string of the molecule is O=C1CCCCCCC/C=C(\Br)CCCCCC1. The first-order chi connectivity index (χ1) is 8.79. The molecule has 0 spiro atoms. The summed E-state index contributed by atoms with van der Waals surface area (Å²) in [6.45, 7) is 0. The average molecular weight is 315 g/mol. The third-order valence-corrected chi connectivity index (χ3v) is 4.37. The molecule has 0 fully saturated rings. The fraction of sp³-hybridized carbons (Fsp3) is 0.812. The summed E-state index contributed by atoms with van der Waals surface area (Å²) in [4.78, 5) is 11.6. The van der Waals surface area contributed by atoms with Gasteiger partial charge in [-0.2, -0.15) is 0 Å². The van der Waals surface area contributed by atoms with Crippen LogP contribution in [0.5, 0.6) is 0 Å². The van der Waals surface area contributed by atoms with Crippen LogP contribution >= 0.6 is 15.9 Å². The van der Waals surface area contributed by atoms with E-state index in [1.165, 1.54) is 62.3 Å². The maximum Gasteiger partial charge on any atom is 0.132 e. The molecule has 0 saturated carbocycles. The Kier molecular flexibility index (Phi) is 9.55. The van der Waals surface area contributed by atoms with Gasteiger partial charge in [0.1, 0.15) is 5.78 Å². The molecule has 104 valence electrons. The quantitative estimate of drug-likeness (QED) is 0.542. The molecule has 0 saturated heterocycles.